The predicted octanol–water partition coefficient (Wildman–Crippen LogP) is 2.46. The molecule has 1 atom stereocenters. The van der Waals surface area contributed by atoms with Gasteiger partial charge in [-0.2, -0.15) is 4.98 Å². The number of likely N-dealkylation sites (tertiary alicyclic amines) is 1. The van der Waals surface area contributed by atoms with Gasteiger partial charge in [-0.15, -0.1) is 0 Å². The largest absolute Gasteiger partial charge is 0.367 e. The zero-order valence-corrected chi connectivity index (χ0v) is 12.4. The first-order chi connectivity index (χ1) is 9.20. The van der Waals surface area contributed by atoms with Crippen LogP contribution in [0.25, 0.3) is 0 Å². The summed E-state index contributed by atoms with van der Waals surface area (Å²) in [6.07, 6.45) is 5.60. The summed E-state index contributed by atoms with van der Waals surface area (Å²) < 4.78 is 0. The number of hydrogen-bond acceptors (Lipinski definition) is 5. The van der Waals surface area contributed by atoms with Crippen LogP contribution >= 0.6 is 11.6 Å². The monoisotopic (exact) mass is 283 g/mol. The second-order valence-electron chi connectivity index (χ2n) is 4.97. The van der Waals surface area contributed by atoms with Crippen molar-refractivity contribution in [3.05, 3.63) is 11.2 Å². The number of aromatic nitrogens is 2. The third-order valence-electron chi connectivity index (χ3n) is 3.55. The van der Waals surface area contributed by atoms with Crippen molar-refractivity contribution in [2.45, 2.75) is 32.2 Å². The van der Waals surface area contributed by atoms with Gasteiger partial charge in [-0.1, -0.05) is 18.0 Å². The molecule has 0 aliphatic carbocycles. The van der Waals surface area contributed by atoms with E-state index in [0.717, 1.165) is 6.54 Å². The fourth-order valence-electron chi connectivity index (χ4n) is 2.34. The summed E-state index contributed by atoms with van der Waals surface area (Å²) in [5.41, 5.74) is 0. The van der Waals surface area contributed by atoms with Crippen LogP contribution in [0.2, 0.25) is 5.02 Å². The average molecular weight is 284 g/mol. The van der Waals surface area contributed by atoms with Crippen LogP contribution in [0.3, 0.4) is 0 Å². The van der Waals surface area contributed by atoms with Gasteiger partial charge < -0.3 is 10.6 Å². The first kappa shape index (κ1) is 14.3. The van der Waals surface area contributed by atoms with Crippen LogP contribution in [0.1, 0.15) is 26.2 Å². The van der Waals surface area contributed by atoms with E-state index in [1.165, 1.54) is 32.4 Å². The fraction of sp³-hybridized carbons (Fsp3) is 0.692. The van der Waals surface area contributed by atoms with E-state index in [9.17, 15) is 0 Å². The van der Waals surface area contributed by atoms with Gasteiger partial charge in [0.1, 0.15) is 5.02 Å². The van der Waals surface area contributed by atoms with E-state index in [-0.39, 0.29) is 0 Å². The van der Waals surface area contributed by atoms with E-state index < -0.39 is 0 Å². The van der Waals surface area contributed by atoms with Gasteiger partial charge in [0.25, 0.3) is 0 Å². The highest BCUT2D eigenvalue weighted by atomic mass is 35.5. The Kier molecular flexibility index (Phi) is 5.22. The molecule has 6 heteroatoms. The number of hydrogen-bond donors (Lipinski definition) is 2. The Morgan fingerprint density at radius 1 is 1.37 bits per heavy atom. The van der Waals surface area contributed by atoms with E-state index in [1.807, 2.05) is 0 Å². The topological polar surface area (TPSA) is 53.1 Å². The Labute approximate surface area is 119 Å². The minimum Gasteiger partial charge on any atom is -0.367 e. The van der Waals surface area contributed by atoms with Crippen molar-refractivity contribution in [2.24, 2.45) is 0 Å². The molecule has 2 N–H and O–H groups in total. The van der Waals surface area contributed by atoms with Gasteiger partial charge in [0.2, 0.25) is 5.95 Å². The molecule has 0 bridgehead atoms. The van der Waals surface area contributed by atoms with Crippen LogP contribution in [0.15, 0.2) is 6.20 Å². The smallest absolute Gasteiger partial charge is 0.224 e. The lowest BCUT2D eigenvalue weighted by Crippen LogP contribution is -2.41. The summed E-state index contributed by atoms with van der Waals surface area (Å²) in [6.45, 7) is 5.48. The summed E-state index contributed by atoms with van der Waals surface area (Å²) in [5.74, 6) is 1.28. The summed E-state index contributed by atoms with van der Waals surface area (Å²) >= 11 is 6.09. The zero-order chi connectivity index (χ0) is 13.7. The lowest BCUT2D eigenvalue weighted by molar-refractivity contribution is 0.180. The molecular weight excluding hydrogens is 262 g/mol. The second-order valence-corrected chi connectivity index (χ2v) is 5.37. The van der Waals surface area contributed by atoms with E-state index in [0.29, 0.717) is 22.8 Å². The Morgan fingerprint density at radius 3 is 2.79 bits per heavy atom. The van der Waals surface area contributed by atoms with Gasteiger partial charge in [0.05, 0.1) is 6.20 Å². The Morgan fingerprint density at radius 2 is 2.11 bits per heavy atom. The standard InChI is InChI=1S/C13H22ClN5/c1-10(19-6-4-3-5-7-19)8-16-12-11(14)9-17-13(15-2)18-12/h9-10H,3-8H2,1-2H3,(H2,15,16,17,18). The molecule has 1 aromatic rings. The first-order valence-electron chi connectivity index (χ1n) is 6.89. The molecule has 106 valence electrons. The van der Waals surface area contributed by atoms with Gasteiger partial charge in [-0.05, 0) is 32.9 Å². The minimum absolute atomic E-state index is 0.490. The number of nitrogens with one attached hydrogen (secondary N) is 2. The SMILES string of the molecule is CNc1ncc(Cl)c(NCC(C)N2CCCCC2)n1. The van der Waals surface area contributed by atoms with Crippen LogP contribution in [-0.4, -0.2) is 47.6 Å². The molecule has 19 heavy (non-hydrogen) atoms. The second kappa shape index (κ2) is 6.91. The molecule has 0 saturated carbocycles. The molecule has 2 rings (SSSR count). The van der Waals surface area contributed by atoms with Gasteiger partial charge in [-0.25, -0.2) is 4.98 Å². The molecule has 2 heterocycles. The molecule has 0 aromatic carbocycles. The summed E-state index contributed by atoms with van der Waals surface area (Å²) in [5, 5.41) is 6.79. The van der Waals surface area contributed by atoms with Gasteiger partial charge in [-0.3, -0.25) is 4.90 Å². The maximum atomic E-state index is 6.09. The third-order valence-corrected chi connectivity index (χ3v) is 3.82. The van der Waals surface area contributed by atoms with Crippen LogP contribution in [0.5, 0.6) is 0 Å². The van der Waals surface area contributed by atoms with E-state index in [2.05, 4.69) is 32.4 Å². The maximum Gasteiger partial charge on any atom is 0.224 e. The first-order valence-corrected chi connectivity index (χ1v) is 7.26. The lowest BCUT2D eigenvalue weighted by Gasteiger charge is -2.32. The molecule has 5 nitrogen and oxygen atoms in total. The molecule has 1 unspecified atom stereocenters. The van der Waals surface area contributed by atoms with Crippen molar-refractivity contribution < 1.29 is 0 Å². The van der Waals surface area contributed by atoms with Crippen LogP contribution < -0.4 is 10.6 Å². The number of rotatable bonds is 5. The van der Waals surface area contributed by atoms with E-state index >= 15 is 0 Å². The Hall–Kier alpha value is -1.07. The molecule has 1 fully saturated rings. The highest BCUT2D eigenvalue weighted by molar-refractivity contribution is 6.32. The van der Waals surface area contributed by atoms with Crippen molar-refractivity contribution in [2.75, 3.05) is 37.3 Å². The highest BCUT2D eigenvalue weighted by Gasteiger charge is 2.16. The summed E-state index contributed by atoms with van der Waals surface area (Å²) in [4.78, 5) is 10.9. The summed E-state index contributed by atoms with van der Waals surface area (Å²) in [6, 6.07) is 0.490. The van der Waals surface area contributed by atoms with Gasteiger partial charge >= 0.3 is 0 Å². The molecular formula is C13H22ClN5. The molecule has 1 saturated heterocycles. The molecule has 1 aliphatic heterocycles. The average Bonchev–Trinajstić information content (AvgIpc) is 2.47. The van der Waals surface area contributed by atoms with Crippen molar-refractivity contribution in [3.63, 3.8) is 0 Å². The van der Waals surface area contributed by atoms with Crippen LogP contribution in [-0.2, 0) is 0 Å². The quantitative estimate of drug-likeness (QED) is 0.869. The predicted molar refractivity (Wildman–Crippen MR) is 80.0 cm³/mol. The van der Waals surface area contributed by atoms with Crippen molar-refractivity contribution in [1.82, 2.24) is 14.9 Å². The van der Waals surface area contributed by atoms with Gasteiger partial charge in [0.15, 0.2) is 5.82 Å². The van der Waals surface area contributed by atoms with Gasteiger partial charge in [0, 0.05) is 19.6 Å². The lowest BCUT2D eigenvalue weighted by atomic mass is 10.1. The molecule has 1 aromatic heterocycles. The third kappa shape index (κ3) is 3.94. The minimum atomic E-state index is 0.490. The number of anilines is 2. The zero-order valence-electron chi connectivity index (χ0n) is 11.6. The Bertz CT molecular complexity index is 406. The molecule has 1 aliphatic rings. The van der Waals surface area contributed by atoms with Crippen molar-refractivity contribution in [1.29, 1.82) is 0 Å². The number of piperidine rings is 1. The number of nitrogens with zero attached hydrogens (tertiary/aromatic N) is 3. The fourth-order valence-corrected chi connectivity index (χ4v) is 2.50. The molecule has 0 spiro atoms. The maximum absolute atomic E-state index is 6.09. The Balaban J connectivity index is 1.90. The van der Waals surface area contributed by atoms with E-state index in [1.54, 1.807) is 13.2 Å². The number of halogens is 1. The molecule has 0 amide bonds. The van der Waals surface area contributed by atoms with Crippen LogP contribution in [0.4, 0.5) is 11.8 Å². The highest BCUT2D eigenvalue weighted by Crippen LogP contribution is 2.20. The normalized spacial score (nSPS) is 18.1. The van der Waals surface area contributed by atoms with Crippen molar-refractivity contribution >= 4 is 23.4 Å². The van der Waals surface area contributed by atoms with Crippen LogP contribution in [0, 0.1) is 0 Å². The summed E-state index contributed by atoms with van der Waals surface area (Å²) in [7, 11) is 1.80. The van der Waals surface area contributed by atoms with E-state index in [4.69, 9.17) is 11.6 Å². The van der Waals surface area contributed by atoms with Crippen molar-refractivity contribution in [3.8, 4) is 0 Å². The molecule has 0 radical (unpaired) electrons.